The maximum Gasteiger partial charge on any atom is 0.234 e. The molecular formula is C14H29N3O2. The average Bonchev–Trinajstić information content (AvgIpc) is 2.34. The van der Waals surface area contributed by atoms with Crippen LogP contribution in [0.1, 0.15) is 26.7 Å². The standard InChI is InChI=1S/C14H29N3O2/c1-12(2)16-14(18)11-17-7-4-5-13(10-17)9-15-6-8-19-3/h12-13,15H,4-11H2,1-3H3,(H,16,18). The Labute approximate surface area is 117 Å². The van der Waals surface area contributed by atoms with Crippen LogP contribution in [0.4, 0.5) is 0 Å². The van der Waals surface area contributed by atoms with Crippen molar-refractivity contribution in [2.75, 3.05) is 46.4 Å². The lowest BCUT2D eigenvalue weighted by Gasteiger charge is -2.32. The molecule has 0 aromatic carbocycles. The minimum absolute atomic E-state index is 0.142. The molecule has 1 amide bonds. The number of piperidine rings is 1. The van der Waals surface area contributed by atoms with E-state index in [4.69, 9.17) is 4.74 Å². The van der Waals surface area contributed by atoms with Crippen molar-refractivity contribution in [1.82, 2.24) is 15.5 Å². The summed E-state index contributed by atoms with van der Waals surface area (Å²) < 4.78 is 5.02. The molecule has 0 bridgehead atoms. The van der Waals surface area contributed by atoms with Crippen molar-refractivity contribution in [1.29, 1.82) is 0 Å². The molecule has 1 unspecified atom stereocenters. The second-order valence-electron chi connectivity index (χ2n) is 5.66. The highest BCUT2D eigenvalue weighted by Crippen LogP contribution is 2.15. The molecule has 1 heterocycles. The van der Waals surface area contributed by atoms with Crippen LogP contribution in [-0.2, 0) is 9.53 Å². The molecular weight excluding hydrogens is 242 g/mol. The number of ether oxygens (including phenoxy) is 1. The molecule has 5 nitrogen and oxygen atoms in total. The summed E-state index contributed by atoms with van der Waals surface area (Å²) in [5.41, 5.74) is 0. The number of nitrogens with zero attached hydrogens (tertiary/aromatic N) is 1. The molecule has 1 saturated heterocycles. The summed E-state index contributed by atoms with van der Waals surface area (Å²) in [4.78, 5) is 14.0. The second-order valence-corrected chi connectivity index (χ2v) is 5.66. The van der Waals surface area contributed by atoms with Gasteiger partial charge in [0.25, 0.3) is 0 Å². The average molecular weight is 271 g/mol. The Hall–Kier alpha value is -0.650. The first kappa shape index (κ1) is 16.4. The summed E-state index contributed by atoms with van der Waals surface area (Å²) in [6.07, 6.45) is 2.44. The number of amides is 1. The third-order valence-corrected chi connectivity index (χ3v) is 3.34. The van der Waals surface area contributed by atoms with Crippen LogP contribution in [0, 0.1) is 5.92 Å². The Morgan fingerprint density at radius 2 is 2.26 bits per heavy atom. The Bertz CT molecular complexity index is 259. The van der Waals surface area contributed by atoms with Crippen molar-refractivity contribution >= 4 is 5.91 Å². The molecule has 0 radical (unpaired) electrons. The van der Waals surface area contributed by atoms with E-state index in [1.165, 1.54) is 12.8 Å². The van der Waals surface area contributed by atoms with Crippen LogP contribution in [0.3, 0.4) is 0 Å². The number of carbonyl (C=O) groups is 1. The van der Waals surface area contributed by atoms with E-state index in [2.05, 4.69) is 15.5 Å². The van der Waals surface area contributed by atoms with Crippen molar-refractivity contribution in [3.8, 4) is 0 Å². The van der Waals surface area contributed by atoms with Crippen LogP contribution in [-0.4, -0.2) is 63.3 Å². The summed E-state index contributed by atoms with van der Waals surface area (Å²) in [5.74, 6) is 0.792. The molecule has 0 aliphatic carbocycles. The SMILES string of the molecule is COCCNCC1CCCN(CC(=O)NC(C)C)C1. The number of likely N-dealkylation sites (tertiary alicyclic amines) is 1. The smallest absolute Gasteiger partial charge is 0.234 e. The molecule has 0 saturated carbocycles. The van der Waals surface area contributed by atoms with Gasteiger partial charge in [-0.05, 0) is 45.7 Å². The third kappa shape index (κ3) is 7.50. The zero-order chi connectivity index (χ0) is 14.1. The van der Waals surface area contributed by atoms with Gasteiger partial charge in [-0.2, -0.15) is 0 Å². The van der Waals surface area contributed by atoms with Gasteiger partial charge in [-0.1, -0.05) is 0 Å². The second kappa shape index (κ2) is 9.28. The summed E-state index contributed by atoms with van der Waals surface area (Å²) in [7, 11) is 1.72. The van der Waals surface area contributed by atoms with Gasteiger partial charge in [0.2, 0.25) is 5.91 Å². The fourth-order valence-corrected chi connectivity index (χ4v) is 2.51. The summed E-state index contributed by atoms with van der Waals surface area (Å²) in [5, 5.41) is 6.36. The minimum atomic E-state index is 0.142. The monoisotopic (exact) mass is 271 g/mol. The maximum atomic E-state index is 11.7. The van der Waals surface area contributed by atoms with E-state index < -0.39 is 0 Å². The van der Waals surface area contributed by atoms with Gasteiger partial charge in [-0.15, -0.1) is 0 Å². The van der Waals surface area contributed by atoms with Gasteiger partial charge < -0.3 is 15.4 Å². The molecule has 1 aliphatic rings. The fraction of sp³-hybridized carbons (Fsp3) is 0.929. The summed E-state index contributed by atoms with van der Waals surface area (Å²) >= 11 is 0. The molecule has 19 heavy (non-hydrogen) atoms. The molecule has 1 atom stereocenters. The summed E-state index contributed by atoms with van der Waals surface area (Å²) in [6.45, 7) is 9.27. The highest BCUT2D eigenvalue weighted by Gasteiger charge is 2.21. The molecule has 0 spiro atoms. The van der Waals surface area contributed by atoms with E-state index in [0.717, 1.165) is 32.8 Å². The van der Waals surface area contributed by atoms with Crippen LogP contribution in [0.2, 0.25) is 0 Å². The molecule has 0 aromatic heterocycles. The van der Waals surface area contributed by atoms with Crippen molar-refractivity contribution in [3.63, 3.8) is 0 Å². The lowest BCUT2D eigenvalue weighted by Crippen LogP contribution is -2.45. The number of hydrogen-bond acceptors (Lipinski definition) is 4. The summed E-state index contributed by atoms with van der Waals surface area (Å²) in [6, 6.07) is 0.226. The van der Waals surface area contributed by atoms with Crippen molar-refractivity contribution in [2.24, 2.45) is 5.92 Å². The van der Waals surface area contributed by atoms with E-state index in [9.17, 15) is 4.79 Å². The first-order valence-corrected chi connectivity index (χ1v) is 7.33. The first-order chi connectivity index (χ1) is 9.11. The molecule has 0 aromatic rings. The molecule has 1 fully saturated rings. The minimum Gasteiger partial charge on any atom is -0.383 e. The van der Waals surface area contributed by atoms with E-state index in [0.29, 0.717) is 12.5 Å². The predicted octanol–water partition coefficient (Wildman–Crippen LogP) is 0.459. The van der Waals surface area contributed by atoms with Gasteiger partial charge in [0.1, 0.15) is 0 Å². The van der Waals surface area contributed by atoms with Gasteiger partial charge in [0, 0.05) is 26.2 Å². The largest absolute Gasteiger partial charge is 0.383 e. The van der Waals surface area contributed by atoms with Crippen molar-refractivity contribution in [3.05, 3.63) is 0 Å². The Morgan fingerprint density at radius 3 is 2.95 bits per heavy atom. The highest BCUT2D eigenvalue weighted by atomic mass is 16.5. The zero-order valence-corrected chi connectivity index (χ0v) is 12.6. The van der Waals surface area contributed by atoms with Gasteiger partial charge in [-0.3, -0.25) is 9.69 Å². The van der Waals surface area contributed by atoms with Gasteiger partial charge in [0.05, 0.1) is 13.2 Å². The normalized spacial score (nSPS) is 20.7. The lowest BCUT2D eigenvalue weighted by atomic mass is 9.98. The zero-order valence-electron chi connectivity index (χ0n) is 12.6. The van der Waals surface area contributed by atoms with Gasteiger partial charge in [0.15, 0.2) is 0 Å². The number of carbonyl (C=O) groups excluding carboxylic acids is 1. The van der Waals surface area contributed by atoms with Crippen LogP contribution in [0.25, 0.3) is 0 Å². The third-order valence-electron chi connectivity index (χ3n) is 3.34. The van der Waals surface area contributed by atoms with Crippen molar-refractivity contribution < 1.29 is 9.53 Å². The Balaban J connectivity index is 2.20. The Morgan fingerprint density at radius 1 is 1.47 bits per heavy atom. The number of nitrogens with one attached hydrogen (secondary N) is 2. The first-order valence-electron chi connectivity index (χ1n) is 7.33. The van der Waals surface area contributed by atoms with Crippen molar-refractivity contribution in [2.45, 2.75) is 32.7 Å². The molecule has 112 valence electrons. The number of hydrogen-bond donors (Lipinski definition) is 2. The maximum absolute atomic E-state index is 11.7. The number of methoxy groups -OCH3 is 1. The van der Waals surface area contributed by atoms with Crippen LogP contribution >= 0.6 is 0 Å². The van der Waals surface area contributed by atoms with E-state index in [1.807, 2.05) is 13.8 Å². The topological polar surface area (TPSA) is 53.6 Å². The van der Waals surface area contributed by atoms with Crippen LogP contribution in [0.5, 0.6) is 0 Å². The molecule has 2 N–H and O–H groups in total. The number of rotatable bonds is 8. The van der Waals surface area contributed by atoms with E-state index in [1.54, 1.807) is 7.11 Å². The fourth-order valence-electron chi connectivity index (χ4n) is 2.51. The predicted molar refractivity (Wildman–Crippen MR) is 77.2 cm³/mol. The van der Waals surface area contributed by atoms with Gasteiger partial charge >= 0.3 is 0 Å². The quantitative estimate of drug-likeness (QED) is 0.630. The van der Waals surface area contributed by atoms with E-state index >= 15 is 0 Å². The van der Waals surface area contributed by atoms with Crippen LogP contribution in [0.15, 0.2) is 0 Å². The molecule has 1 rings (SSSR count). The van der Waals surface area contributed by atoms with Crippen LogP contribution < -0.4 is 10.6 Å². The lowest BCUT2D eigenvalue weighted by molar-refractivity contribution is -0.123. The molecule has 1 aliphatic heterocycles. The highest BCUT2D eigenvalue weighted by molar-refractivity contribution is 5.78. The van der Waals surface area contributed by atoms with E-state index in [-0.39, 0.29) is 11.9 Å². The Kier molecular flexibility index (Phi) is 8.02. The molecule has 5 heteroatoms. The van der Waals surface area contributed by atoms with Gasteiger partial charge in [-0.25, -0.2) is 0 Å².